The predicted octanol–water partition coefficient (Wildman–Crippen LogP) is -4.47. The van der Waals surface area contributed by atoms with Crippen LogP contribution < -0.4 is 49.1 Å². The van der Waals surface area contributed by atoms with E-state index in [0.29, 0.717) is 11.3 Å². The zero-order chi connectivity index (χ0) is 44.2. The third kappa shape index (κ3) is 16.9. The Morgan fingerprint density at radius 1 is 0.780 bits per heavy atom. The minimum absolute atomic E-state index is 0.00817. The molecule has 0 radical (unpaired) electrons. The van der Waals surface area contributed by atoms with Crippen LogP contribution in [0.15, 0.2) is 47.8 Å². The van der Waals surface area contributed by atoms with Gasteiger partial charge in [-0.3, -0.25) is 33.8 Å². The normalized spacial score (nSPS) is 15.1. The van der Waals surface area contributed by atoms with E-state index in [1.807, 2.05) is 0 Å². The van der Waals surface area contributed by atoms with Crippen LogP contribution in [0, 0.1) is 5.92 Å². The van der Waals surface area contributed by atoms with Crippen molar-refractivity contribution in [2.75, 3.05) is 18.9 Å². The summed E-state index contributed by atoms with van der Waals surface area (Å²) in [5.74, 6) is -7.40. The van der Waals surface area contributed by atoms with E-state index in [-0.39, 0.29) is 43.9 Å². The number of thiol groups is 1. The number of carbonyl (C=O) groups is 7. The number of amides is 6. The number of aromatic nitrogens is 2. The summed E-state index contributed by atoms with van der Waals surface area (Å²) in [6, 6.07) is -1.33. The number of carboxylic acid groups (broad SMARTS) is 1. The Hall–Kier alpha value is -5.78. The van der Waals surface area contributed by atoms with Crippen molar-refractivity contribution in [3.63, 3.8) is 0 Å². The molecule has 0 fully saturated rings. The Morgan fingerprint density at radius 3 is 1.85 bits per heavy atom. The topological polar surface area (TPSA) is 371 Å². The fraction of sp³-hybridized carbons (Fsp3) is 0.528. The molecule has 1 aromatic carbocycles. The molecule has 2 rings (SSSR count). The number of carbonyl (C=O) groups excluding carboxylic acids is 6. The van der Waals surface area contributed by atoms with Crippen LogP contribution in [0.3, 0.4) is 0 Å². The quantitative estimate of drug-likeness (QED) is 0.0194. The van der Waals surface area contributed by atoms with E-state index >= 15 is 0 Å². The Kier molecular flexibility index (Phi) is 20.8. The summed E-state index contributed by atoms with van der Waals surface area (Å²) in [7, 11) is 0. The molecule has 23 heteroatoms. The molecule has 0 saturated carbocycles. The van der Waals surface area contributed by atoms with Crippen molar-refractivity contribution >= 4 is 60.0 Å². The Balaban J connectivity index is 2.41. The van der Waals surface area contributed by atoms with E-state index in [2.05, 4.69) is 59.5 Å². The summed E-state index contributed by atoms with van der Waals surface area (Å²) in [5.41, 5.74) is 17.5. The maximum atomic E-state index is 13.9. The number of aliphatic hydroxyl groups excluding tert-OH is 2. The Labute approximate surface area is 346 Å². The van der Waals surface area contributed by atoms with E-state index < -0.39 is 102 Å². The number of aliphatic imine (C=N–C) groups is 1. The average molecular weight is 849 g/mol. The van der Waals surface area contributed by atoms with Crippen LogP contribution >= 0.6 is 12.6 Å². The van der Waals surface area contributed by atoms with Crippen LogP contribution in [-0.4, -0.2) is 140 Å². The number of H-pyrrole nitrogens is 1. The second-order valence-electron chi connectivity index (χ2n) is 13.9. The molecule has 0 spiro atoms. The number of aliphatic carboxylic acids is 1. The number of carboxylic acids is 1. The molecular weight excluding hydrogens is 793 g/mol. The van der Waals surface area contributed by atoms with Gasteiger partial charge in [-0.15, -0.1) is 0 Å². The lowest BCUT2D eigenvalue weighted by molar-refractivity contribution is -0.143. The standard InChI is InChI=1S/C36H56N12O10S/c1-18(2)27(47-29(51)22(37)16-59)33(55)45-25(13-21-14-40-17-42-21)32(54)48-28(19(3)50)34(56)44-24(12-20-8-5-4-6-9-20)31(53)43-23(10-7-11-41-36(38)39)30(52)46-26(15-49)35(57)58/h4-6,8-9,14,17-19,22-28,49-50,59H,7,10-13,15-16,37H2,1-3H3,(H,40,42)(H,43,53)(H,44,56)(H,45,55)(H,46,52)(H,47,51)(H,48,54)(H,57,58)(H4,38,39,41)/t19-,22+,23+,24+,25+,26+,27+,28+/m1/s1. The fourth-order valence-electron chi connectivity index (χ4n) is 5.45. The van der Waals surface area contributed by atoms with Gasteiger partial charge in [-0.05, 0) is 31.2 Å². The van der Waals surface area contributed by atoms with E-state index in [0.717, 1.165) is 0 Å². The summed E-state index contributed by atoms with van der Waals surface area (Å²) in [5, 5.41) is 44.4. The van der Waals surface area contributed by atoms with Gasteiger partial charge >= 0.3 is 5.97 Å². The lowest BCUT2D eigenvalue weighted by atomic mass is 10.0. The van der Waals surface area contributed by atoms with Crippen molar-refractivity contribution in [2.24, 2.45) is 28.1 Å². The summed E-state index contributed by atoms with van der Waals surface area (Å²) in [4.78, 5) is 103. The van der Waals surface area contributed by atoms with E-state index in [1.165, 1.54) is 19.4 Å². The van der Waals surface area contributed by atoms with Crippen molar-refractivity contribution in [1.82, 2.24) is 41.9 Å². The number of aromatic amines is 1. The van der Waals surface area contributed by atoms with Gasteiger partial charge in [0.15, 0.2) is 5.96 Å². The third-order valence-electron chi connectivity index (χ3n) is 8.75. The van der Waals surface area contributed by atoms with Crippen molar-refractivity contribution < 1.29 is 48.9 Å². The van der Waals surface area contributed by atoms with Crippen LogP contribution in [0.1, 0.15) is 44.9 Å². The molecule has 326 valence electrons. The zero-order valence-electron chi connectivity index (χ0n) is 33.0. The number of rotatable bonds is 25. The Morgan fingerprint density at radius 2 is 1.32 bits per heavy atom. The van der Waals surface area contributed by atoms with Crippen molar-refractivity contribution in [2.45, 2.75) is 94.9 Å². The number of aliphatic hydroxyl groups is 2. The highest BCUT2D eigenvalue weighted by Gasteiger charge is 2.36. The monoisotopic (exact) mass is 848 g/mol. The SMILES string of the molecule is CC(C)[C@H](NC(=O)[C@@H](N)CS)C(=O)N[C@@H](Cc1cnc[nH]1)C(=O)N[C@H](C(=O)N[C@@H](Cc1ccccc1)C(=O)N[C@@H](CCCN=C(N)N)C(=O)N[C@@H](CO)C(=O)O)[C@@H](C)O. The molecule has 0 aliphatic heterocycles. The van der Waals surface area contributed by atoms with Gasteiger partial charge in [-0.2, -0.15) is 12.6 Å². The molecule has 6 amide bonds. The number of nitrogens with zero attached hydrogens (tertiary/aromatic N) is 2. The van der Waals surface area contributed by atoms with Gasteiger partial charge in [-0.25, -0.2) is 9.78 Å². The maximum Gasteiger partial charge on any atom is 0.328 e. The molecular formula is C36H56N12O10S. The maximum absolute atomic E-state index is 13.9. The van der Waals surface area contributed by atoms with Crippen LogP contribution in [0.2, 0.25) is 0 Å². The first-order valence-electron chi connectivity index (χ1n) is 18.6. The van der Waals surface area contributed by atoms with E-state index in [9.17, 15) is 48.9 Å². The Bertz CT molecular complexity index is 1730. The van der Waals surface area contributed by atoms with Crippen LogP contribution in [-0.2, 0) is 46.4 Å². The number of hydrogen-bond donors (Lipinski definition) is 14. The molecule has 0 bridgehead atoms. The van der Waals surface area contributed by atoms with Crippen LogP contribution in [0.25, 0.3) is 0 Å². The molecule has 0 saturated heterocycles. The first-order chi connectivity index (χ1) is 27.9. The van der Waals surface area contributed by atoms with Gasteiger partial charge < -0.3 is 69.4 Å². The van der Waals surface area contributed by atoms with E-state index in [1.54, 1.807) is 44.2 Å². The van der Waals surface area contributed by atoms with Gasteiger partial charge in [0.25, 0.3) is 0 Å². The zero-order valence-corrected chi connectivity index (χ0v) is 33.9. The van der Waals surface area contributed by atoms with Gasteiger partial charge in [-0.1, -0.05) is 44.2 Å². The van der Waals surface area contributed by atoms with Crippen LogP contribution in [0.5, 0.6) is 0 Å². The van der Waals surface area contributed by atoms with Crippen LogP contribution in [0.4, 0.5) is 0 Å². The highest BCUT2D eigenvalue weighted by atomic mass is 32.1. The third-order valence-corrected chi connectivity index (χ3v) is 9.14. The van der Waals surface area contributed by atoms with E-state index in [4.69, 9.17) is 17.2 Å². The number of guanidine groups is 1. The number of benzene rings is 1. The number of hydrogen-bond acceptors (Lipinski definition) is 13. The fourth-order valence-corrected chi connectivity index (χ4v) is 5.61. The average Bonchev–Trinajstić information content (AvgIpc) is 3.70. The highest BCUT2D eigenvalue weighted by molar-refractivity contribution is 7.80. The predicted molar refractivity (Wildman–Crippen MR) is 217 cm³/mol. The summed E-state index contributed by atoms with van der Waals surface area (Å²) < 4.78 is 0. The molecule has 0 aliphatic carbocycles. The lowest BCUT2D eigenvalue weighted by Crippen LogP contribution is -2.62. The van der Waals surface area contributed by atoms with Gasteiger partial charge in [0.1, 0.15) is 36.3 Å². The number of nitrogens with two attached hydrogens (primary N) is 3. The molecule has 0 unspecified atom stereocenters. The first kappa shape index (κ1) is 49.4. The molecule has 22 nitrogen and oxygen atoms in total. The minimum Gasteiger partial charge on any atom is -0.480 e. The second kappa shape index (κ2) is 24.9. The van der Waals surface area contributed by atoms with Crippen molar-refractivity contribution in [3.05, 3.63) is 54.1 Å². The van der Waals surface area contributed by atoms with Crippen molar-refractivity contribution in [3.8, 4) is 0 Å². The van der Waals surface area contributed by atoms with Gasteiger partial charge in [0, 0.05) is 37.0 Å². The molecule has 1 aromatic heterocycles. The summed E-state index contributed by atoms with van der Waals surface area (Å²) in [6.45, 7) is 3.65. The molecule has 59 heavy (non-hydrogen) atoms. The van der Waals surface area contributed by atoms with Gasteiger partial charge in [0.05, 0.1) is 25.1 Å². The smallest absolute Gasteiger partial charge is 0.328 e. The highest BCUT2D eigenvalue weighted by Crippen LogP contribution is 2.10. The molecule has 1 heterocycles. The second-order valence-corrected chi connectivity index (χ2v) is 14.3. The van der Waals surface area contributed by atoms with Crippen molar-refractivity contribution in [1.29, 1.82) is 0 Å². The minimum atomic E-state index is -1.71. The molecule has 16 N–H and O–H groups in total. The number of nitrogens with one attached hydrogen (secondary N) is 7. The number of imidazole rings is 1. The first-order valence-corrected chi connectivity index (χ1v) is 19.3. The lowest BCUT2D eigenvalue weighted by Gasteiger charge is -2.29. The molecule has 0 aliphatic rings. The summed E-state index contributed by atoms with van der Waals surface area (Å²) >= 11 is 4.02. The summed E-state index contributed by atoms with van der Waals surface area (Å²) in [6.07, 6.45) is 0.930. The molecule has 2 aromatic rings. The van der Waals surface area contributed by atoms with Gasteiger partial charge in [0.2, 0.25) is 35.4 Å². The molecule has 8 atom stereocenters. The largest absolute Gasteiger partial charge is 0.480 e.